The second-order valence-corrected chi connectivity index (χ2v) is 8.09. The van der Waals surface area contributed by atoms with Gasteiger partial charge in [-0.1, -0.05) is 23.7 Å². The van der Waals surface area contributed by atoms with Gasteiger partial charge in [-0.3, -0.25) is 4.31 Å². The van der Waals surface area contributed by atoms with Gasteiger partial charge in [0.1, 0.15) is 11.6 Å². The SMILES string of the molecule is COc1ccc(S(=O)(=O)N(Cc2cccc(Cl)c2)c2ccc(F)cc2)cc1. The van der Waals surface area contributed by atoms with Gasteiger partial charge in [-0.15, -0.1) is 0 Å². The van der Waals surface area contributed by atoms with E-state index in [1.165, 1.54) is 47.8 Å². The molecule has 7 heteroatoms. The predicted octanol–water partition coefficient (Wildman–Crippen LogP) is 4.88. The van der Waals surface area contributed by atoms with E-state index in [-0.39, 0.29) is 11.4 Å². The van der Waals surface area contributed by atoms with E-state index in [2.05, 4.69) is 0 Å². The number of anilines is 1. The third kappa shape index (κ3) is 4.40. The Hall–Kier alpha value is -2.57. The maximum Gasteiger partial charge on any atom is 0.264 e. The van der Waals surface area contributed by atoms with E-state index < -0.39 is 15.8 Å². The van der Waals surface area contributed by atoms with Crippen LogP contribution < -0.4 is 9.04 Å². The van der Waals surface area contributed by atoms with Crippen LogP contribution in [-0.2, 0) is 16.6 Å². The van der Waals surface area contributed by atoms with E-state index in [1.54, 1.807) is 36.4 Å². The standard InChI is InChI=1S/C20H17ClFNO3S/c1-26-19-9-11-20(12-10-19)27(24,25)23(18-7-5-17(22)6-8-18)14-15-3-2-4-16(21)13-15/h2-13H,14H2,1H3. The van der Waals surface area contributed by atoms with E-state index in [9.17, 15) is 12.8 Å². The first-order chi connectivity index (χ1) is 12.9. The zero-order valence-electron chi connectivity index (χ0n) is 14.5. The topological polar surface area (TPSA) is 46.6 Å². The van der Waals surface area contributed by atoms with Crippen LogP contribution in [0.2, 0.25) is 5.02 Å². The molecule has 0 saturated heterocycles. The monoisotopic (exact) mass is 405 g/mol. The van der Waals surface area contributed by atoms with Crippen molar-refractivity contribution < 1.29 is 17.5 Å². The molecule has 0 heterocycles. The quantitative estimate of drug-likeness (QED) is 0.587. The minimum Gasteiger partial charge on any atom is -0.497 e. The van der Waals surface area contributed by atoms with Crippen LogP contribution in [0, 0.1) is 5.82 Å². The highest BCUT2D eigenvalue weighted by molar-refractivity contribution is 7.92. The molecule has 0 N–H and O–H groups in total. The van der Waals surface area contributed by atoms with Crippen molar-refractivity contribution in [2.75, 3.05) is 11.4 Å². The average Bonchev–Trinajstić information content (AvgIpc) is 2.67. The fourth-order valence-corrected chi connectivity index (χ4v) is 4.26. The third-order valence-corrected chi connectivity index (χ3v) is 6.00. The van der Waals surface area contributed by atoms with E-state index in [0.29, 0.717) is 22.0 Å². The first-order valence-electron chi connectivity index (χ1n) is 8.07. The Balaban J connectivity index is 2.05. The molecule has 0 aliphatic carbocycles. The number of ether oxygens (including phenoxy) is 1. The molecular formula is C20H17ClFNO3S. The molecule has 0 aliphatic rings. The van der Waals surface area contributed by atoms with Crippen molar-refractivity contribution in [1.82, 2.24) is 0 Å². The molecule has 0 spiro atoms. The van der Waals surface area contributed by atoms with E-state index >= 15 is 0 Å². The van der Waals surface area contributed by atoms with Crippen molar-refractivity contribution in [2.45, 2.75) is 11.4 Å². The highest BCUT2D eigenvalue weighted by Crippen LogP contribution is 2.28. The number of benzene rings is 3. The summed E-state index contributed by atoms with van der Waals surface area (Å²) < 4.78 is 46.2. The summed E-state index contributed by atoms with van der Waals surface area (Å²) in [6, 6.07) is 18.4. The average molecular weight is 406 g/mol. The molecule has 140 valence electrons. The van der Waals surface area contributed by atoms with E-state index in [0.717, 1.165) is 0 Å². The van der Waals surface area contributed by atoms with Crippen molar-refractivity contribution in [3.8, 4) is 5.75 Å². The largest absolute Gasteiger partial charge is 0.497 e. The molecule has 0 atom stereocenters. The molecule has 4 nitrogen and oxygen atoms in total. The molecule has 0 aromatic heterocycles. The number of hydrogen-bond donors (Lipinski definition) is 0. The molecule has 0 amide bonds. The molecule has 0 fully saturated rings. The van der Waals surface area contributed by atoms with Gasteiger partial charge < -0.3 is 4.74 Å². The Labute approximate surface area is 162 Å². The Morgan fingerprint density at radius 1 is 1.00 bits per heavy atom. The summed E-state index contributed by atoms with van der Waals surface area (Å²) in [5.74, 6) is 0.112. The Morgan fingerprint density at radius 2 is 1.67 bits per heavy atom. The number of halogens is 2. The summed E-state index contributed by atoms with van der Waals surface area (Å²) >= 11 is 6.03. The molecule has 0 unspecified atom stereocenters. The third-order valence-electron chi connectivity index (χ3n) is 3.98. The molecule has 0 bridgehead atoms. The van der Waals surface area contributed by atoms with Crippen molar-refractivity contribution in [3.63, 3.8) is 0 Å². The van der Waals surface area contributed by atoms with Crippen LogP contribution in [0.4, 0.5) is 10.1 Å². The van der Waals surface area contributed by atoms with Crippen molar-refractivity contribution in [1.29, 1.82) is 0 Å². The number of methoxy groups -OCH3 is 1. The molecule has 3 rings (SSSR count). The number of nitrogens with zero attached hydrogens (tertiary/aromatic N) is 1. The molecule has 3 aromatic rings. The normalized spacial score (nSPS) is 11.2. The lowest BCUT2D eigenvalue weighted by atomic mass is 10.2. The maximum atomic E-state index is 13.3. The van der Waals surface area contributed by atoms with Gasteiger partial charge in [0.25, 0.3) is 10.0 Å². The van der Waals surface area contributed by atoms with Gasteiger partial charge in [0.15, 0.2) is 0 Å². The molecular weight excluding hydrogens is 389 g/mol. The summed E-state index contributed by atoms with van der Waals surface area (Å²) in [6.45, 7) is 0.0561. The minimum atomic E-state index is -3.89. The molecule has 0 aliphatic heterocycles. The van der Waals surface area contributed by atoms with Gasteiger partial charge >= 0.3 is 0 Å². The molecule has 27 heavy (non-hydrogen) atoms. The van der Waals surface area contributed by atoms with Crippen molar-refractivity contribution in [2.24, 2.45) is 0 Å². The highest BCUT2D eigenvalue weighted by atomic mass is 35.5. The number of hydrogen-bond acceptors (Lipinski definition) is 3. The van der Waals surface area contributed by atoms with Gasteiger partial charge in [0.05, 0.1) is 24.2 Å². The van der Waals surface area contributed by atoms with Crippen LogP contribution in [-0.4, -0.2) is 15.5 Å². The van der Waals surface area contributed by atoms with Crippen LogP contribution in [0.3, 0.4) is 0 Å². The second-order valence-electron chi connectivity index (χ2n) is 5.79. The lowest BCUT2D eigenvalue weighted by Crippen LogP contribution is -2.30. The minimum absolute atomic E-state index is 0.0561. The molecule has 0 radical (unpaired) electrons. The number of sulfonamides is 1. The summed E-state index contributed by atoms with van der Waals surface area (Å²) in [6.07, 6.45) is 0. The molecule has 3 aromatic carbocycles. The highest BCUT2D eigenvalue weighted by Gasteiger charge is 2.25. The van der Waals surface area contributed by atoms with Gasteiger partial charge in [-0.25, -0.2) is 12.8 Å². The first kappa shape index (κ1) is 19.2. The Kier molecular flexibility index (Phi) is 5.68. The lowest BCUT2D eigenvalue weighted by molar-refractivity contribution is 0.414. The smallest absolute Gasteiger partial charge is 0.264 e. The lowest BCUT2D eigenvalue weighted by Gasteiger charge is -2.25. The summed E-state index contributed by atoms with van der Waals surface area (Å²) in [7, 11) is -2.38. The van der Waals surface area contributed by atoms with Gasteiger partial charge in [-0.2, -0.15) is 0 Å². The fraction of sp³-hybridized carbons (Fsp3) is 0.100. The summed E-state index contributed by atoms with van der Waals surface area (Å²) in [5, 5.41) is 0.508. The summed E-state index contributed by atoms with van der Waals surface area (Å²) in [4.78, 5) is 0.106. The first-order valence-corrected chi connectivity index (χ1v) is 9.89. The van der Waals surface area contributed by atoms with Gasteiger partial charge in [-0.05, 0) is 66.2 Å². The Bertz CT molecular complexity index is 1020. The van der Waals surface area contributed by atoms with E-state index in [1.807, 2.05) is 0 Å². The molecule has 0 saturated carbocycles. The zero-order valence-corrected chi connectivity index (χ0v) is 16.0. The van der Waals surface area contributed by atoms with E-state index in [4.69, 9.17) is 16.3 Å². The van der Waals surface area contributed by atoms with Crippen LogP contribution in [0.15, 0.2) is 77.7 Å². The van der Waals surface area contributed by atoms with Crippen LogP contribution in [0.25, 0.3) is 0 Å². The van der Waals surface area contributed by atoms with Gasteiger partial charge in [0.2, 0.25) is 0 Å². The van der Waals surface area contributed by atoms with Crippen LogP contribution >= 0.6 is 11.6 Å². The second kappa shape index (κ2) is 7.98. The van der Waals surface area contributed by atoms with Crippen molar-refractivity contribution in [3.05, 3.63) is 89.2 Å². The zero-order chi connectivity index (χ0) is 19.4. The van der Waals surface area contributed by atoms with Crippen LogP contribution in [0.5, 0.6) is 5.75 Å². The summed E-state index contributed by atoms with van der Waals surface area (Å²) in [5.41, 5.74) is 1.07. The van der Waals surface area contributed by atoms with Crippen LogP contribution in [0.1, 0.15) is 5.56 Å². The van der Waals surface area contributed by atoms with Crippen molar-refractivity contribution >= 4 is 27.3 Å². The Morgan fingerprint density at radius 3 is 2.26 bits per heavy atom. The fourth-order valence-electron chi connectivity index (χ4n) is 2.60. The predicted molar refractivity (Wildman–Crippen MR) is 104 cm³/mol. The maximum absolute atomic E-state index is 13.3. The van der Waals surface area contributed by atoms with Gasteiger partial charge in [0, 0.05) is 5.02 Å². The number of rotatable bonds is 6.